The molecule has 1 atom stereocenters. The number of carbonyl (C=O) groups is 1. The summed E-state index contributed by atoms with van der Waals surface area (Å²) in [7, 11) is 0. The van der Waals surface area contributed by atoms with Gasteiger partial charge in [0.2, 0.25) is 5.91 Å². The monoisotopic (exact) mass is 316 g/mol. The Morgan fingerprint density at radius 3 is 2.80 bits per heavy atom. The Bertz CT molecular complexity index is 476. The second kappa shape index (κ2) is 7.27. The number of hydrogen-bond acceptors (Lipinski definition) is 3. The predicted octanol–water partition coefficient (Wildman–Crippen LogP) is 2.33. The molecular formula is C14H18Cl2N2O2. The molecule has 1 fully saturated rings. The molecule has 20 heavy (non-hydrogen) atoms. The number of rotatable bonds is 4. The van der Waals surface area contributed by atoms with Crippen molar-refractivity contribution in [2.45, 2.75) is 19.5 Å². The fourth-order valence-electron chi connectivity index (χ4n) is 2.09. The summed E-state index contributed by atoms with van der Waals surface area (Å²) in [5.74, 6) is 0.0893. The third kappa shape index (κ3) is 4.09. The standard InChI is InChI=1S/C14H18Cl2N2O2/c1-10(14(19)18-4-6-20-7-5-18)17-9-11-8-12(15)2-3-13(11)16/h2-3,8,10,17H,4-7,9H2,1H3. The molecule has 1 aromatic rings. The maximum absolute atomic E-state index is 12.2. The second-order valence-electron chi connectivity index (χ2n) is 4.78. The van der Waals surface area contributed by atoms with E-state index in [0.717, 1.165) is 5.56 Å². The molecule has 0 bridgehead atoms. The number of halogens is 2. The Hall–Kier alpha value is -0.810. The number of amides is 1. The van der Waals surface area contributed by atoms with Crippen molar-refractivity contribution in [2.24, 2.45) is 0 Å². The molecule has 1 aliphatic rings. The Balaban J connectivity index is 1.89. The van der Waals surface area contributed by atoms with Crippen molar-refractivity contribution >= 4 is 29.1 Å². The van der Waals surface area contributed by atoms with E-state index in [0.29, 0.717) is 42.9 Å². The van der Waals surface area contributed by atoms with Gasteiger partial charge in [0.1, 0.15) is 0 Å². The number of benzene rings is 1. The Labute approximate surface area is 129 Å². The molecule has 1 heterocycles. The normalized spacial score (nSPS) is 17.1. The molecule has 1 aromatic carbocycles. The zero-order valence-electron chi connectivity index (χ0n) is 11.4. The van der Waals surface area contributed by atoms with Crippen molar-refractivity contribution in [3.05, 3.63) is 33.8 Å². The van der Waals surface area contributed by atoms with Crippen LogP contribution in [-0.2, 0) is 16.1 Å². The lowest BCUT2D eigenvalue weighted by Crippen LogP contribution is -2.49. The summed E-state index contributed by atoms with van der Waals surface area (Å²) in [5.41, 5.74) is 0.890. The number of ether oxygens (including phenoxy) is 1. The average Bonchev–Trinajstić information content (AvgIpc) is 2.48. The minimum Gasteiger partial charge on any atom is -0.378 e. The molecule has 0 spiro atoms. The molecule has 1 aliphatic heterocycles. The summed E-state index contributed by atoms with van der Waals surface area (Å²) >= 11 is 12.0. The zero-order chi connectivity index (χ0) is 14.5. The van der Waals surface area contributed by atoms with Crippen molar-refractivity contribution < 1.29 is 9.53 Å². The molecule has 1 saturated heterocycles. The number of carbonyl (C=O) groups excluding carboxylic acids is 1. The molecule has 1 N–H and O–H groups in total. The van der Waals surface area contributed by atoms with Crippen LogP contribution >= 0.6 is 23.2 Å². The summed E-state index contributed by atoms with van der Waals surface area (Å²) in [5, 5.41) is 4.47. The van der Waals surface area contributed by atoms with Gasteiger partial charge in [0.15, 0.2) is 0 Å². The van der Waals surface area contributed by atoms with Crippen molar-refractivity contribution in [1.29, 1.82) is 0 Å². The van der Waals surface area contributed by atoms with Crippen LogP contribution in [0.15, 0.2) is 18.2 Å². The van der Waals surface area contributed by atoms with Gasteiger partial charge in [-0.2, -0.15) is 0 Å². The maximum atomic E-state index is 12.2. The lowest BCUT2D eigenvalue weighted by molar-refractivity contribution is -0.137. The average molecular weight is 317 g/mol. The molecule has 0 saturated carbocycles. The van der Waals surface area contributed by atoms with E-state index in [1.165, 1.54) is 0 Å². The largest absolute Gasteiger partial charge is 0.378 e. The van der Waals surface area contributed by atoms with Gasteiger partial charge in [-0.05, 0) is 30.7 Å². The smallest absolute Gasteiger partial charge is 0.239 e. The number of nitrogens with one attached hydrogen (secondary N) is 1. The highest BCUT2D eigenvalue weighted by Crippen LogP contribution is 2.20. The van der Waals surface area contributed by atoms with E-state index in [2.05, 4.69) is 5.32 Å². The highest BCUT2D eigenvalue weighted by atomic mass is 35.5. The molecule has 2 rings (SSSR count). The summed E-state index contributed by atoms with van der Waals surface area (Å²) in [4.78, 5) is 14.0. The van der Waals surface area contributed by atoms with Gasteiger partial charge >= 0.3 is 0 Å². The van der Waals surface area contributed by atoms with Gasteiger partial charge in [0.05, 0.1) is 19.3 Å². The van der Waals surface area contributed by atoms with Crippen molar-refractivity contribution in [1.82, 2.24) is 10.2 Å². The number of hydrogen-bond donors (Lipinski definition) is 1. The van der Waals surface area contributed by atoms with Crippen molar-refractivity contribution in [2.75, 3.05) is 26.3 Å². The Kier molecular flexibility index (Phi) is 5.66. The quantitative estimate of drug-likeness (QED) is 0.927. The first kappa shape index (κ1) is 15.6. The highest BCUT2D eigenvalue weighted by molar-refractivity contribution is 6.33. The van der Waals surface area contributed by atoms with Gasteiger partial charge in [0, 0.05) is 29.7 Å². The van der Waals surface area contributed by atoms with Crippen LogP contribution < -0.4 is 5.32 Å². The molecular weight excluding hydrogens is 299 g/mol. The van der Waals surface area contributed by atoms with Crippen LogP contribution in [0, 0.1) is 0 Å². The molecule has 0 aromatic heterocycles. The molecule has 0 aliphatic carbocycles. The van der Waals surface area contributed by atoms with Gasteiger partial charge in [0.25, 0.3) is 0 Å². The van der Waals surface area contributed by atoms with Crippen LogP contribution in [0.5, 0.6) is 0 Å². The van der Waals surface area contributed by atoms with E-state index >= 15 is 0 Å². The number of nitrogens with zero attached hydrogens (tertiary/aromatic N) is 1. The third-order valence-corrected chi connectivity index (χ3v) is 3.90. The second-order valence-corrected chi connectivity index (χ2v) is 5.62. The van der Waals surface area contributed by atoms with Crippen LogP contribution in [0.25, 0.3) is 0 Å². The SMILES string of the molecule is CC(NCc1cc(Cl)ccc1Cl)C(=O)N1CCOCC1. The fourth-order valence-corrected chi connectivity index (χ4v) is 2.47. The fraction of sp³-hybridized carbons (Fsp3) is 0.500. The van der Waals surface area contributed by atoms with Crippen LogP contribution in [0.1, 0.15) is 12.5 Å². The molecule has 110 valence electrons. The molecule has 4 nitrogen and oxygen atoms in total. The third-order valence-electron chi connectivity index (χ3n) is 3.30. The molecule has 6 heteroatoms. The topological polar surface area (TPSA) is 41.6 Å². The first-order chi connectivity index (χ1) is 9.58. The van der Waals surface area contributed by atoms with E-state index in [9.17, 15) is 4.79 Å². The van der Waals surface area contributed by atoms with Gasteiger partial charge in [-0.1, -0.05) is 23.2 Å². The van der Waals surface area contributed by atoms with Crippen LogP contribution in [0.4, 0.5) is 0 Å². The highest BCUT2D eigenvalue weighted by Gasteiger charge is 2.22. The van der Waals surface area contributed by atoms with Gasteiger partial charge in [-0.15, -0.1) is 0 Å². The lowest BCUT2D eigenvalue weighted by Gasteiger charge is -2.29. The summed E-state index contributed by atoms with van der Waals surface area (Å²) in [6, 6.07) is 5.05. The summed E-state index contributed by atoms with van der Waals surface area (Å²) < 4.78 is 5.24. The van der Waals surface area contributed by atoms with Crippen molar-refractivity contribution in [3.8, 4) is 0 Å². The van der Waals surface area contributed by atoms with E-state index < -0.39 is 0 Å². The minimum absolute atomic E-state index is 0.0893. The van der Waals surface area contributed by atoms with E-state index in [1.807, 2.05) is 17.9 Å². The first-order valence-corrected chi connectivity index (χ1v) is 7.37. The van der Waals surface area contributed by atoms with E-state index in [-0.39, 0.29) is 11.9 Å². The predicted molar refractivity (Wildman–Crippen MR) is 80.2 cm³/mol. The minimum atomic E-state index is -0.261. The van der Waals surface area contributed by atoms with Crippen LogP contribution in [0.3, 0.4) is 0 Å². The Morgan fingerprint density at radius 2 is 2.10 bits per heavy atom. The van der Waals surface area contributed by atoms with Crippen LogP contribution in [0.2, 0.25) is 10.0 Å². The summed E-state index contributed by atoms with van der Waals surface area (Å²) in [6.07, 6.45) is 0. The van der Waals surface area contributed by atoms with E-state index in [1.54, 1.807) is 12.1 Å². The van der Waals surface area contributed by atoms with Gasteiger partial charge < -0.3 is 15.0 Å². The lowest BCUT2D eigenvalue weighted by atomic mass is 10.2. The van der Waals surface area contributed by atoms with Crippen molar-refractivity contribution in [3.63, 3.8) is 0 Å². The first-order valence-electron chi connectivity index (χ1n) is 6.62. The van der Waals surface area contributed by atoms with Gasteiger partial charge in [-0.3, -0.25) is 4.79 Å². The van der Waals surface area contributed by atoms with Crippen LogP contribution in [-0.4, -0.2) is 43.2 Å². The molecule has 1 unspecified atom stereocenters. The Morgan fingerprint density at radius 1 is 1.40 bits per heavy atom. The van der Waals surface area contributed by atoms with E-state index in [4.69, 9.17) is 27.9 Å². The molecule has 0 radical (unpaired) electrons. The maximum Gasteiger partial charge on any atom is 0.239 e. The van der Waals surface area contributed by atoms with Gasteiger partial charge in [-0.25, -0.2) is 0 Å². The number of morpholine rings is 1. The molecule has 1 amide bonds. The summed E-state index contributed by atoms with van der Waals surface area (Å²) in [6.45, 7) is 4.90. The zero-order valence-corrected chi connectivity index (χ0v) is 12.9.